The predicted octanol–water partition coefficient (Wildman–Crippen LogP) is 0.711. The number of hydrogen-bond donors (Lipinski definition) is 1. The first kappa shape index (κ1) is 34.9. The Morgan fingerprint density at radius 2 is 1.32 bits per heavy atom. The molecule has 44 heavy (non-hydrogen) atoms. The third-order valence-electron chi connectivity index (χ3n) is 6.49. The summed E-state index contributed by atoms with van der Waals surface area (Å²) in [7, 11) is 0. The number of aliphatic hydroxyl groups is 1. The van der Waals surface area contributed by atoms with Crippen molar-refractivity contribution in [2.45, 2.75) is 103 Å². The quantitative estimate of drug-likeness (QED) is 0.252. The van der Waals surface area contributed by atoms with Gasteiger partial charge >= 0.3 is 29.8 Å². The fourth-order valence-corrected chi connectivity index (χ4v) is 4.80. The molecule has 15 nitrogen and oxygen atoms in total. The molecular weight excluding hydrogens is 588 g/mol. The summed E-state index contributed by atoms with van der Waals surface area (Å²) in [6, 6.07) is 9.03. The van der Waals surface area contributed by atoms with Crippen molar-refractivity contribution in [3.8, 4) is 0 Å². The molecule has 2 aliphatic rings. The Kier molecular flexibility index (Phi) is 13.0. The second-order valence-electron chi connectivity index (χ2n) is 10.2. The van der Waals surface area contributed by atoms with Crippen molar-refractivity contribution < 1.29 is 71.7 Å². The number of hydrogen-bond acceptors (Lipinski definition) is 15. The number of carbonyl (C=O) groups is 5. The monoisotopic (exact) mass is 626 g/mol. The van der Waals surface area contributed by atoms with Gasteiger partial charge in [0.05, 0.1) is 12.7 Å². The van der Waals surface area contributed by atoms with Crippen LogP contribution in [0.1, 0.15) is 46.6 Å². The first-order valence-electron chi connectivity index (χ1n) is 13.9. The topological polar surface area (TPSA) is 189 Å². The van der Waals surface area contributed by atoms with E-state index in [0.717, 1.165) is 26.3 Å². The van der Waals surface area contributed by atoms with Gasteiger partial charge in [0.2, 0.25) is 0 Å². The van der Waals surface area contributed by atoms with Gasteiger partial charge in [-0.3, -0.25) is 24.0 Å². The van der Waals surface area contributed by atoms with E-state index < -0.39 is 85.2 Å². The molecule has 2 saturated heterocycles. The number of esters is 5. The van der Waals surface area contributed by atoms with E-state index >= 15 is 0 Å². The van der Waals surface area contributed by atoms with Gasteiger partial charge in [0.1, 0.15) is 37.6 Å². The summed E-state index contributed by atoms with van der Waals surface area (Å²) in [5.74, 6) is -3.46. The Hall–Kier alpha value is -3.63. The molecule has 1 N–H and O–H groups in total. The minimum absolute atomic E-state index is 0.0228. The maximum atomic E-state index is 12.3. The Balaban J connectivity index is 1.95. The standard InChI is InChI=1S/C29H38O15/c1-15(30)36-13-21-11-22(39-17(3)32)25(28(35)42-21)44-29-27(41-19(5)34)26(40-18(4)33)24(23(43-29)14-37-16(2)31)38-12-20-9-7-6-8-10-20/h6-10,21-29,35H,11-14H2,1-5H3/t21-,22+,23-,24-,25+,26+,27+,28+,29-/m1/s1. The number of ether oxygens (including phenoxy) is 9. The van der Waals surface area contributed by atoms with Crippen molar-refractivity contribution in [3.63, 3.8) is 0 Å². The summed E-state index contributed by atoms with van der Waals surface area (Å²) >= 11 is 0. The molecular formula is C29H38O15. The van der Waals surface area contributed by atoms with Crippen LogP contribution in [0.25, 0.3) is 0 Å². The minimum atomic E-state index is -1.73. The second-order valence-corrected chi connectivity index (χ2v) is 10.2. The van der Waals surface area contributed by atoms with Crippen molar-refractivity contribution in [1.29, 1.82) is 0 Å². The Morgan fingerprint density at radius 3 is 1.91 bits per heavy atom. The average Bonchev–Trinajstić information content (AvgIpc) is 2.93. The van der Waals surface area contributed by atoms with Gasteiger partial charge in [-0.15, -0.1) is 0 Å². The molecule has 0 amide bonds. The summed E-state index contributed by atoms with van der Waals surface area (Å²) in [5.41, 5.74) is 0.762. The van der Waals surface area contributed by atoms with Crippen LogP contribution in [-0.4, -0.2) is 103 Å². The lowest BCUT2D eigenvalue weighted by Gasteiger charge is -2.47. The van der Waals surface area contributed by atoms with Crippen LogP contribution in [-0.2, 0) is 73.2 Å². The van der Waals surface area contributed by atoms with E-state index in [2.05, 4.69) is 0 Å². The molecule has 3 rings (SSSR count). The smallest absolute Gasteiger partial charge is 0.303 e. The van der Waals surface area contributed by atoms with Crippen molar-refractivity contribution in [2.75, 3.05) is 13.2 Å². The molecule has 0 aromatic heterocycles. The van der Waals surface area contributed by atoms with Crippen LogP contribution >= 0.6 is 0 Å². The van der Waals surface area contributed by atoms with Crippen molar-refractivity contribution in [1.82, 2.24) is 0 Å². The van der Waals surface area contributed by atoms with E-state index in [9.17, 15) is 29.1 Å². The molecule has 0 aliphatic carbocycles. The number of aliphatic hydroxyl groups excluding tert-OH is 1. The minimum Gasteiger partial charge on any atom is -0.463 e. The fraction of sp³-hybridized carbons (Fsp3) is 0.621. The van der Waals surface area contributed by atoms with E-state index in [0.29, 0.717) is 0 Å². The first-order chi connectivity index (χ1) is 20.8. The fourth-order valence-electron chi connectivity index (χ4n) is 4.80. The highest BCUT2D eigenvalue weighted by Crippen LogP contribution is 2.34. The zero-order chi connectivity index (χ0) is 32.4. The number of carbonyl (C=O) groups excluding carboxylic acids is 5. The van der Waals surface area contributed by atoms with E-state index in [-0.39, 0.29) is 26.2 Å². The largest absolute Gasteiger partial charge is 0.463 e. The van der Waals surface area contributed by atoms with Gasteiger partial charge in [0.25, 0.3) is 0 Å². The van der Waals surface area contributed by atoms with Gasteiger partial charge in [-0.05, 0) is 5.56 Å². The summed E-state index contributed by atoms with van der Waals surface area (Å²) in [6.07, 6.45) is -11.8. The summed E-state index contributed by atoms with van der Waals surface area (Å²) in [4.78, 5) is 59.4. The maximum absolute atomic E-state index is 12.3. The maximum Gasteiger partial charge on any atom is 0.303 e. The molecule has 9 atom stereocenters. The molecule has 0 bridgehead atoms. The normalized spacial score (nSPS) is 30.0. The predicted molar refractivity (Wildman–Crippen MR) is 144 cm³/mol. The molecule has 1 aromatic rings. The molecule has 244 valence electrons. The van der Waals surface area contributed by atoms with E-state index in [1.807, 2.05) is 6.07 Å². The van der Waals surface area contributed by atoms with Gasteiger partial charge in [-0.25, -0.2) is 0 Å². The molecule has 15 heteroatoms. The zero-order valence-corrected chi connectivity index (χ0v) is 25.1. The molecule has 2 aliphatic heterocycles. The van der Waals surface area contributed by atoms with Gasteiger partial charge < -0.3 is 47.7 Å². The lowest BCUT2D eigenvalue weighted by atomic mass is 9.97. The molecule has 0 unspecified atom stereocenters. The van der Waals surface area contributed by atoms with Crippen molar-refractivity contribution in [3.05, 3.63) is 35.9 Å². The Labute approximate surface area is 253 Å². The van der Waals surface area contributed by atoms with Crippen LogP contribution < -0.4 is 0 Å². The van der Waals surface area contributed by atoms with Crippen LogP contribution in [0.4, 0.5) is 0 Å². The van der Waals surface area contributed by atoms with Gasteiger partial charge in [0, 0.05) is 41.0 Å². The Morgan fingerprint density at radius 1 is 0.727 bits per heavy atom. The van der Waals surface area contributed by atoms with Crippen LogP contribution in [0.2, 0.25) is 0 Å². The molecule has 2 fully saturated rings. The molecule has 2 heterocycles. The summed E-state index contributed by atoms with van der Waals surface area (Å²) in [6.45, 7) is 5.22. The van der Waals surface area contributed by atoms with Crippen molar-refractivity contribution in [2.24, 2.45) is 0 Å². The van der Waals surface area contributed by atoms with E-state index in [1.165, 1.54) is 13.8 Å². The average molecular weight is 627 g/mol. The highest BCUT2D eigenvalue weighted by atomic mass is 16.8. The second kappa shape index (κ2) is 16.4. The molecule has 0 saturated carbocycles. The highest BCUT2D eigenvalue weighted by Gasteiger charge is 2.54. The van der Waals surface area contributed by atoms with Gasteiger partial charge in [-0.1, -0.05) is 30.3 Å². The van der Waals surface area contributed by atoms with Crippen LogP contribution in [0.3, 0.4) is 0 Å². The summed E-state index contributed by atoms with van der Waals surface area (Å²) in [5, 5.41) is 10.9. The zero-order valence-electron chi connectivity index (χ0n) is 25.1. The van der Waals surface area contributed by atoms with Crippen LogP contribution in [0, 0.1) is 0 Å². The van der Waals surface area contributed by atoms with Gasteiger partial charge in [0.15, 0.2) is 24.8 Å². The SMILES string of the molecule is CC(=O)OC[C@H]1C[C@H](OC(C)=O)[C@H](O[C@H]2O[C@H](COC(C)=O)[C@@H](OCc3ccccc3)[C@H](OC(C)=O)[C@@H]2OC(C)=O)[C@@H](O)O1. The summed E-state index contributed by atoms with van der Waals surface area (Å²) < 4.78 is 50.5. The molecule has 0 spiro atoms. The Bertz CT molecular complexity index is 1140. The van der Waals surface area contributed by atoms with Gasteiger partial charge in [-0.2, -0.15) is 0 Å². The van der Waals surface area contributed by atoms with E-state index in [1.54, 1.807) is 24.3 Å². The lowest BCUT2D eigenvalue weighted by Crippen LogP contribution is -2.64. The molecule has 0 radical (unpaired) electrons. The van der Waals surface area contributed by atoms with Crippen LogP contribution in [0.15, 0.2) is 30.3 Å². The lowest BCUT2D eigenvalue weighted by molar-refractivity contribution is -0.355. The number of rotatable bonds is 12. The van der Waals surface area contributed by atoms with Crippen molar-refractivity contribution >= 4 is 29.8 Å². The third-order valence-corrected chi connectivity index (χ3v) is 6.49. The first-order valence-corrected chi connectivity index (χ1v) is 13.9. The third kappa shape index (κ3) is 10.5. The number of benzene rings is 1. The highest BCUT2D eigenvalue weighted by molar-refractivity contribution is 5.68. The van der Waals surface area contributed by atoms with E-state index in [4.69, 9.17) is 42.6 Å². The molecule has 1 aromatic carbocycles. The van der Waals surface area contributed by atoms with Crippen LogP contribution in [0.5, 0.6) is 0 Å².